The maximum atomic E-state index is 10.9. The van der Waals surface area contributed by atoms with Gasteiger partial charge in [-0.2, -0.15) is 0 Å². The summed E-state index contributed by atoms with van der Waals surface area (Å²) in [5.74, 6) is 0.580. The molecule has 0 saturated heterocycles. The Morgan fingerprint density at radius 3 is 1.85 bits per heavy atom. The lowest BCUT2D eigenvalue weighted by atomic mass is 10.1. The summed E-state index contributed by atoms with van der Waals surface area (Å²) in [6.07, 6.45) is -0.181. The molecule has 0 saturated carbocycles. The molecule has 0 spiro atoms. The van der Waals surface area contributed by atoms with Crippen molar-refractivity contribution in [3.63, 3.8) is 0 Å². The smallest absolute Gasteiger partial charge is 0.307 e. The van der Waals surface area contributed by atoms with E-state index in [-0.39, 0.29) is 18.6 Å². The highest BCUT2D eigenvalue weighted by atomic mass is 16.5. The van der Waals surface area contributed by atoms with Crippen LogP contribution in [0.15, 0.2) is 12.1 Å². The van der Waals surface area contributed by atoms with Gasteiger partial charge in [0.05, 0.1) is 25.7 Å². The van der Waals surface area contributed by atoms with Crippen LogP contribution in [0.3, 0.4) is 0 Å². The third-order valence-electron chi connectivity index (χ3n) is 2.37. The van der Waals surface area contributed by atoms with Gasteiger partial charge in [0.2, 0.25) is 5.75 Å². The highest BCUT2D eigenvalue weighted by Crippen LogP contribution is 2.39. The minimum absolute atomic E-state index is 0.0455. The van der Waals surface area contributed by atoms with Gasteiger partial charge in [-0.25, -0.2) is 0 Å². The van der Waals surface area contributed by atoms with Gasteiger partial charge < -0.3 is 19.3 Å². The van der Waals surface area contributed by atoms with Crippen molar-refractivity contribution in [2.24, 2.45) is 0 Å². The van der Waals surface area contributed by atoms with Crippen molar-refractivity contribution in [2.45, 2.75) is 46.3 Å². The first-order valence-electron chi connectivity index (χ1n) is 6.59. The lowest BCUT2D eigenvalue weighted by Crippen LogP contribution is -2.11. The van der Waals surface area contributed by atoms with Crippen molar-refractivity contribution in [3.05, 3.63) is 17.7 Å². The topological polar surface area (TPSA) is 65.0 Å². The Morgan fingerprint density at radius 1 is 1.10 bits per heavy atom. The molecule has 112 valence electrons. The van der Waals surface area contributed by atoms with Gasteiger partial charge in [-0.05, 0) is 45.4 Å². The van der Waals surface area contributed by atoms with Gasteiger partial charge in [-0.3, -0.25) is 4.79 Å². The Bertz CT molecular complexity index is 434. The molecule has 0 atom stereocenters. The van der Waals surface area contributed by atoms with Crippen molar-refractivity contribution < 1.29 is 24.1 Å². The molecule has 0 aliphatic rings. The maximum absolute atomic E-state index is 10.9. The zero-order valence-corrected chi connectivity index (χ0v) is 12.6. The number of methoxy groups -OCH3 is 1. The predicted octanol–water partition coefficient (Wildman–Crippen LogP) is 2.90. The Morgan fingerprint density at radius 2 is 1.55 bits per heavy atom. The van der Waals surface area contributed by atoms with E-state index in [1.165, 1.54) is 7.11 Å². The minimum atomic E-state index is -0.902. The summed E-state index contributed by atoms with van der Waals surface area (Å²) in [6.45, 7) is 7.58. The number of carbonyl (C=O) groups is 1. The van der Waals surface area contributed by atoms with Gasteiger partial charge in [0.15, 0.2) is 11.5 Å². The maximum Gasteiger partial charge on any atom is 0.307 e. The Labute approximate surface area is 119 Å². The molecule has 0 aliphatic carbocycles. The first-order valence-corrected chi connectivity index (χ1v) is 6.59. The minimum Gasteiger partial charge on any atom is -0.490 e. The van der Waals surface area contributed by atoms with Crippen LogP contribution in [-0.4, -0.2) is 30.4 Å². The Hall–Kier alpha value is -1.91. The van der Waals surface area contributed by atoms with Crippen LogP contribution in [-0.2, 0) is 11.2 Å². The molecule has 1 aromatic carbocycles. The lowest BCUT2D eigenvalue weighted by molar-refractivity contribution is -0.136. The molecule has 5 heteroatoms. The number of benzene rings is 1. The molecule has 0 fully saturated rings. The third kappa shape index (κ3) is 4.64. The van der Waals surface area contributed by atoms with Gasteiger partial charge >= 0.3 is 5.97 Å². The summed E-state index contributed by atoms with van der Waals surface area (Å²) in [5.41, 5.74) is 0.615. The van der Waals surface area contributed by atoms with Crippen LogP contribution in [0, 0.1) is 0 Å². The highest BCUT2D eigenvalue weighted by Gasteiger charge is 2.17. The monoisotopic (exact) mass is 282 g/mol. The van der Waals surface area contributed by atoms with Crippen LogP contribution in [0.2, 0.25) is 0 Å². The first kappa shape index (κ1) is 16.1. The van der Waals surface area contributed by atoms with Crippen molar-refractivity contribution in [2.75, 3.05) is 7.11 Å². The fraction of sp³-hybridized carbons (Fsp3) is 0.533. The van der Waals surface area contributed by atoms with Crippen molar-refractivity contribution in [1.29, 1.82) is 0 Å². The Kier molecular flexibility index (Phi) is 5.67. The number of carboxylic acids is 1. The largest absolute Gasteiger partial charge is 0.490 e. The van der Waals surface area contributed by atoms with E-state index in [1.807, 2.05) is 27.7 Å². The molecule has 0 bridgehead atoms. The lowest BCUT2D eigenvalue weighted by Gasteiger charge is -2.19. The number of ether oxygens (including phenoxy) is 3. The normalized spacial score (nSPS) is 10.8. The molecule has 0 amide bonds. The van der Waals surface area contributed by atoms with Gasteiger partial charge in [0.1, 0.15) is 0 Å². The Balaban J connectivity index is 3.26. The number of rotatable bonds is 7. The second kappa shape index (κ2) is 7.03. The standard InChI is InChI=1S/C15H22O5/c1-9(2)19-12-6-11(8-14(16)17)7-13(15(12)18-5)20-10(3)4/h6-7,9-10H,8H2,1-5H3,(H,16,17). The molecule has 0 aromatic heterocycles. The van der Waals surface area contributed by atoms with E-state index in [1.54, 1.807) is 12.1 Å². The summed E-state index contributed by atoms with van der Waals surface area (Å²) >= 11 is 0. The van der Waals surface area contributed by atoms with Crippen LogP contribution >= 0.6 is 0 Å². The molecule has 1 rings (SSSR count). The molecular formula is C15H22O5. The van der Waals surface area contributed by atoms with Gasteiger partial charge in [0, 0.05) is 0 Å². The van der Waals surface area contributed by atoms with Gasteiger partial charge in [-0.1, -0.05) is 0 Å². The highest BCUT2D eigenvalue weighted by molar-refractivity contribution is 5.71. The van der Waals surface area contributed by atoms with Crippen molar-refractivity contribution in [1.82, 2.24) is 0 Å². The third-order valence-corrected chi connectivity index (χ3v) is 2.37. The van der Waals surface area contributed by atoms with Crippen molar-refractivity contribution in [3.8, 4) is 17.2 Å². The molecular weight excluding hydrogens is 260 g/mol. The van der Waals surface area contributed by atoms with Crippen LogP contribution in [0.4, 0.5) is 0 Å². The average molecular weight is 282 g/mol. The number of hydrogen-bond donors (Lipinski definition) is 1. The van der Waals surface area contributed by atoms with E-state index in [0.29, 0.717) is 22.8 Å². The van der Waals surface area contributed by atoms with Crippen LogP contribution in [0.25, 0.3) is 0 Å². The molecule has 0 unspecified atom stereocenters. The number of carboxylic acid groups (broad SMARTS) is 1. The molecule has 20 heavy (non-hydrogen) atoms. The summed E-state index contributed by atoms with van der Waals surface area (Å²) in [6, 6.07) is 3.36. The summed E-state index contributed by atoms with van der Waals surface area (Å²) in [4.78, 5) is 10.9. The van der Waals surface area contributed by atoms with Crippen LogP contribution < -0.4 is 14.2 Å². The zero-order valence-electron chi connectivity index (χ0n) is 12.6. The summed E-state index contributed by atoms with van der Waals surface area (Å²) in [5, 5.41) is 8.93. The van der Waals surface area contributed by atoms with Crippen molar-refractivity contribution >= 4 is 5.97 Å². The van der Waals surface area contributed by atoms with Crippen LogP contribution in [0.5, 0.6) is 17.2 Å². The predicted molar refractivity (Wildman–Crippen MR) is 75.9 cm³/mol. The molecule has 1 N–H and O–H groups in total. The van der Waals surface area contributed by atoms with Gasteiger partial charge in [0.25, 0.3) is 0 Å². The molecule has 0 heterocycles. The number of hydrogen-bond acceptors (Lipinski definition) is 4. The molecule has 1 aromatic rings. The van der Waals surface area contributed by atoms with E-state index in [2.05, 4.69) is 0 Å². The molecule has 5 nitrogen and oxygen atoms in total. The fourth-order valence-corrected chi connectivity index (χ4v) is 1.79. The molecule has 0 aliphatic heterocycles. The summed E-state index contributed by atoms with van der Waals surface area (Å²) < 4.78 is 16.7. The zero-order chi connectivity index (χ0) is 15.3. The van der Waals surface area contributed by atoms with E-state index >= 15 is 0 Å². The molecule has 0 radical (unpaired) electrons. The van der Waals surface area contributed by atoms with Crippen LogP contribution in [0.1, 0.15) is 33.3 Å². The SMILES string of the molecule is COc1c(OC(C)C)cc(CC(=O)O)cc1OC(C)C. The average Bonchev–Trinajstić information content (AvgIpc) is 2.26. The van der Waals surface area contributed by atoms with E-state index in [0.717, 1.165) is 0 Å². The van der Waals surface area contributed by atoms with E-state index in [9.17, 15) is 4.79 Å². The summed E-state index contributed by atoms with van der Waals surface area (Å²) in [7, 11) is 1.53. The quantitative estimate of drug-likeness (QED) is 0.833. The second-order valence-corrected chi connectivity index (χ2v) is 5.03. The fourth-order valence-electron chi connectivity index (χ4n) is 1.79. The van der Waals surface area contributed by atoms with E-state index in [4.69, 9.17) is 19.3 Å². The van der Waals surface area contributed by atoms with E-state index < -0.39 is 5.97 Å². The second-order valence-electron chi connectivity index (χ2n) is 5.03. The number of aliphatic carboxylic acids is 1. The van der Waals surface area contributed by atoms with Gasteiger partial charge in [-0.15, -0.1) is 0 Å². The first-order chi connectivity index (χ1) is 9.33.